The van der Waals surface area contributed by atoms with Gasteiger partial charge in [0.2, 0.25) is 5.91 Å². The average molecular weight is 465 g/mol. The molecule has 5 nitrogen and oxygen atoms in total. The van der Waals surface area contributed by atoms with E-state index in [2.05, 4.69) is 37.2 Å². The molecule has 1 aromatic heterocycles. The first-order valence-corrected chi connectivity index (χ1v) is 8.79. The lowest BCUT2D eigenvalue weighted by molar-refractivity contribution is -0.114. The fourth-order valence-electron chi connectivity index (χ4n) is 2.38. The van der Waals surface area contributed by atoms with Gasteiger partial charge in [0.25, 0.3) is 0 Å². The number of hydrogen-bond donors (Lipinski definition) is 1. The molecule has 3 rings (SSSR count). The molecular weight excluding hydrogens is 454 g/mol. The molecule has 3 aromatic rings. The van der Waals surface area contributed by atoms with Crippen molar-refractivity contribution in [2.75, 3.05) is 5.32 Å². The molecular formula is C18H11Br2NO4. The zero-order chi connectivity index (χ0) is 18.1. The number of carbonyl (C=O) groups excluding carboxylic acids is 2. The average Bonchev–Trinajstić information content (AvgIpc) is 2.54. The van der Waals surface area contributed by atoms with Gasteiger partial charge in [0, 0.05) is 28.0 Å². The van der Waals surface area contributed by atoms with Crippen LogP contribution in [0.15, 0.2) is 60.6 Å². The van der Waals surface area contributed by atoms with Crippen LogP contribution in [0.1, 0.15) is 22.8 Å². The van der Waals surface area contributed by atoms with Gasteiger partial charge in [-0.3, -0.25) is 9.59 Å². The first kappa shape index (κ1) is 17.6. The lowest BCUT2D eigenvalue weighted by Crippen LogP contribution is -2.15. The molecule has 1 heterocycles. The molecule has 0 aliphatic heterocycles. The number of halogens is 2. The number of hydrogen-bond acceptors (Lipinski definition) is 4. The molecule has 1 N–H and O–H groups in total. The summed E-state index contributed by atoms with van der Waals surface area (Å²) in [5, 5.41) is 3.24. The molecule has 0 aliphatic rings. The van der Waals surface area contributed by atoms with Crippen molar-refractivity contribution in [1.82, 2.24) is 0 Å². The summed E-state index contributed by atoms with van der Waals surface area (Å²) in [7, 11) is 0. The SMILES string of the molecule is CC(=O)Nc1ccc(C(=O)c2cc3cc(Br)cc(Br)c3oc2=O)cc1. The third-order valence-electron chi connectivity index (χ3n) is 3.46. The Morgan fingerprint density at radius 2 is 1.72 bits per heavy atom. The van der Waals surface area contributed by atoms with Gasteiger partial charge in [0.1, 0.15) is 5.56 Å². The van der Waals surface area contributed by atoms with E-state index in [0.29, 0.717) is 26.7 Å². The maximum Gasteiger partial charge on any atom is 0.347 e. The normalized spacial score (nSPS) is 10.7. The number of anilines is 1. The van der Waals surface area contributed by atoms with Crippen molar-refractivity contribution < 1.29 is 14.0 Å². The van der Waals surface area contributed by atoms with Gasteiger partial charge in [-0.25, -0.2) is 4.79 Å². The van der Waals surface area contributed by atoms with E-state index in [0.717, 1.165) is 4.47 Å². The largest absolute Gasteiger partial charge is 0.421 e. The van der Waals surface area contributed by atoms with Crippen LogP contribution < -0.4 is 10.9 Å². The Bertz CT molecular complexity index is 1060. The Morgan fingerprint density at radius 1 is 1.04 bits per heavy atom. The van der Waals surface area contributed by atoms with Crippen LogP contribution in [0.4, 0.5) is 5.69 Å². The number of fused-ring (bicyclic) bond motifs is 1. The topological polar surface area (TPSA) is 76.4 Å². The van der Waals surface area contributed by atoms with Crippen LogP contribution in [-0.4, -0.2) is 11.7 Å². The van der Waals surface area contributed by atoms with Crippen LogP contribution in [0.25, 0.3) is 11.0 Å². The van der Waals surface area contributed by atoms with Gasteiger partial charge < -0.3 is 9.73 Å². The minimum atomic E-state index is -0.702. The Hall–Kier alpha value is -2.25. The summed E-state index contributed by atoms with van der Waals surface area (Å²) in [6.45, 7) is 1.40. The second-order valence-electron chi connectivity index (χ2n) is 5.34. The summed E-state index contributed by atoms with van der Waals surface area (Å²) < 4.78 is 6.71. The van der Waals surface area contributed by atoms with Crippen molar-refractivity contribution >= 4 is 60.2 Å². The third-order valence-corrected chi connectivity index (χ3v) is 4.51. The highest BCUT2D eigenvalue weighted by Crippen LogP contribution is 2.28. The molecule has 25 heavy (non-hydrogen) atoms. The molecule has 2 aromatic carbocycles. The highest BCUT2D eigenvalue weighted by molar-refractivity contribution is 9.11. The Labute approximate surface area is 159 Å². The van der Waals surface area contributed by atoms with Crippen LogP contribution in [0.5, 0.6) is 0 Å². The Kier molecular flexibility index (Phi) is 4.87. The smallest absolute Gasteiger partial charge is 0.347 e. The van der Waals surface area contributed by atoms with E-state index >= 15 is 0 Å². The number of carbonyl (C=O) groups is 2. The van der Waals surface area contributed by atoms with Gasteiger partial charge in [-0.1, -0.05) is 15.9 Å². The van der Waals surface area contributed by atoms with E-state index in [1.54, 1.807) is 36.4 Å². The molecule has 126 valence electrons. The standard InChI is InChI=1S/C18H11Br2NO4/c1-9(22)21-13-4-2-10(3-5-13)16(23)14-7-11-6-12(19)8-15(20)17(11)25-18(14)24/h2-8H,1H3,(H,21,22). The summed E-state index contributed by atoms with van der Waals surface area (Å²) in [6.07, 6.45) is 0. The van der Waals surface area contributed by atoms with Gasteiger partial charge in [0.05, 0.1) is 4.47 Å². The predicted molar refractivity (Wildman–Crippen MR) is 102 cm³/mol. The third kappa shape index (κ3) is 3.72. The Balaban J connectivity index is 2.03. The molecule has 0 saturated heterocycles. The quantitative estimate of drug-likeness (QED) is 0.457. The van der Waals surface area contributed by atoms with Gasteiger partial charge in [0.15, 0.2) is 11.4 Å². The van der Waals surface area contributed by atoms with Gasteiger partial charge in [-0.15, -0.1) is 0 Å². The van der Waals surface area contributed by atoms with Gasteiger partial charge >= 0.3 is 5.63 Å². The molecule has 0 saturated carbocycles. The number of ketones is 1. The van der Waals surface area contributed by atoms with Crippen molar-refractivity contribution in [2.24, 2.45) is 0 Å². The lowest BCUT2D eigenvalue weighted by atomic mass is 10.0. The molecule has 0 bridgehead atoms. The summed E-state index contributed by atoms with van der Waals surface area (Å²) in [6, 6.07) is 11.3. The molecule has 0 radical (unpaired) electrons. The number of nitrogens with one attached hydrogen (secondary N) is 1. The number of benzene rings is 2. The van der Waals surface area contributed by atoms with Crippen LogP contribution >= 0.6 is 31.9 Å². The van der Waals surface area contributed by atoms with E-state index in [4.69, 9.17) is 4.42 Å². The summed E-state index contributed by atoms with van der Waals surface area (Å²) in [5.41, 5.74) is 0.527. The van der Waals surface area contributed by atoms with E-state index in [1.807, 2.05) is 0 Å². The van der Waals surface area contributed by atoms with Crippen molar-refractivity contribution in [2.45, 2.75) is 6.92 Å². The van der Waals surface area contributed by atoms with Crippen LogP contribution in [0.2, 0.25) is 0 Å². The summed E-state index contributed by atoms with van der Waals surface area (Å²) >= 11 is 6.70. The Morgan fingerprint density at radius 3 is 2.36 bits per heavy atom. The van der Waals surface area contributed by atoms with E-state index in [9.17, 15) is 14.4 Å². The highest BCUT2D eigenvalue weighted by atomic mass is 79.9. The number of rotatable bonds is 3. The van der Waals surface area contributed by atoms with Crippen LogP contribution in [-0.2, 0) is 4.79 Å². The lowest BCUT2D eigenvalue weighted by Gasteiger charge is -2.06. The monoisotopic (exact) mass is 463 g/mol. The van der Waals surface area contributed by atoms with Gasteiger partial charge in [-0.2, -0.15) is 0 Å². The van der Waals surface area contributed by atoms with Crippen molar-refractivity contribution in [3.05, 3.63) is 73.0 Å². The van der Waals surface area contributed by atoms with Crippen molar-refractivity contribution in [3.63, 3.8) is 0 Å². The van der Waals surface area contributed by atoms with Crippen LogP contribution in [0, 0.1) is 0 Å². The first-order chi connectivity index (χ1) is 11.8. The minimum absolute atomic E-state index is 0.0511. The molecule has 0 spiro atoms. The van der Waals surface area contributed by atoms with E-state index < -0.39 is 11.4 Å². The fourth-order valence-corrected chi connectivity index (χ4v) is 3.72. The maximum absolute atomic E-state index is 12.6. The second kappa shape index (κ2) is 6.93. The molecule has 0 aliphatic carbocycles. The van der Waals surface area contributed by atoms with Crippen molar-refractivity contribution in [3.8, 4) is 0 Å². The molecule has 7 heteroatoms. The van der Waals surface area contributed by atoms with Crippen molar-refractivity contribution in [1.29, 1.82) is 0 Å². The number of amides is 1. The van der Waals surface area contributed by atoms with Crippen LogP contribution in [0.3, 0.4) is 0 Å². The minimum Gasteiger partial charge on any atom is -0.421 e. The zero-order valence-corrected chi connectivity index (χ0v) is 16.1. The zero-order valence-electron chi connectivity index (χ0n) is 12.9. The van der Waals surface area contributed by atoms with E-state index in [1.165, 1.54) is 13.0 Å². The highest BCUT2D eigenvalue weighted by Gasteiger charge is 2.17. The fraction of sp³-hybridized carbons (Fsp3) is 0.0556. The van der Waals surface area contributed by atoms with E-state index in [-0.39, 0.29) is 11.5 Å². The molecule has 1 amide bonds. The molecule has 0 unspecified atom stereocenters. The maximum atomic E-state index is 12.6. The second-order valence-corrected chi connectivity index (χ2v) is 7.11. The molecule has 0 atom stereocenters. The molecule has 0 fully saturated rings. The van der Waals surface area contributed by atoms with Gasteiger partial charge in [-0.05, 0) is 58.4 Å². The predicted octanol–water partition coefficient (Wildman–Crippen LogP) is 4.51. The summed E-state index contributed by atoms with van der Waals surface area (Å²) in [4.78, 5) is 35.9. The summed E-state index contributed by atoms with van der Waals surface area (Å²) in [5.74, 6) is -0.647. The first-order valence-electron chi connectivity index (χ1n) is 7.20.